The molecule has 1 aromatic rings. The van der Waals surface area contributed by atoms with Crippen LogP contribution in [0.25, 0.3) is 0 Å². The van der Waals surface area contributed by atoms with E-state index in [1.807, 2.05) is 18.7 Å². The van der Waals surface area contributed by atoms with Crippen LogP contribution in [-0.4, -0.2) is 22.5 Å². The van der Waals surface area contributed by atoms with Gasteiger partial charge in [0.2, 0.25) is 0 Å². The summed E-state index contributed by atoms with van der Waals surface area (Å²) in [5, 5.41) is 19.3. The second-order valence-corrected chi connectivity index (χ2v) is 4.29. The predicted molar refractivity (Wildman–Crippen MR) is 68.3 cm³/mol. The maximum Gasteiger partial charge on any atom is 0.287 e. The van der Waals surface area contributed by atoms with E-state index >= 15 is 0 Å². The van der Waals surface area contributed by atoms with Gasteiger partial charge in [-0.3, -0.25) is 10.1 Å². The summed E-state index contributed by atoms with van der Waals surface area (Å²) in [6, 6.07) is 3.78. The third kappa shape index (κ3) is 3.17. The number of hydrogen-bond acceptors (Lipinski definition) is 5. The summed E-state index contributed by atoms with van der Waals surface area (Å²) in [4.78, 5) is 16.3. The average Bonchev–Trinajstić information content (AvgIpc) is 2.30. The SMILES string of the molecule is Cc1cc([N+](=O)[O-])cnc1N(CCC#N)C(C)C. The van der Waals surface area contributed by atoms with E-state index in [0.29, 0.717) is 18.8 Å². The van der Waals surface area contributed by atoms with Crippen molar-refractivity contribution in [1.82, 2.24) is 4.98 Å². The lowest BCUT2D eigenvalue weighted by Gasteiger charge is -2.28. The summed E-state index contributed by atoms with van der Waals surface area (Å²) in [7, 11) is 0. The van der Waals surface area contributed by atoms with Gasteiger partial charge in [0.15, 0.2) is 0 Å². The topological polar surface area (TPSA) is 83.1 Å². The van der Waals surface area contributed by atoms with Gasteiger partial charge < -0.3 is 4.90 Å². The van der Waals surface area contributed by atoms with Crippen molar-refractivity contribution < 1.29 is 4.92 Å². The van der Waals surface area contributed by atoms with Gasteiger partial charge in [-0.15, -0.1) is 0 Å². The van der Waals surface area contributed by atoms with E-state index in [1.165, 1.54) is 12.3 Å². The van der Waals surface area contributed by atoms with Crippen molar-refractivity contribution in [2.75, 3.05) is 11.4 Å². The summed E-state index contributed by atoms with van der Waals surface area (Å²) in [5.74, 6) is 0.700. The molecule has 0 aliphatic carbocycles. The molecule has 0 unspecified atom stereocenters. The van der Waals surface area contributed by atoms with Crippen LogP contribution in [0, 0.1) is 28.4 Å². The van der Waals surface area contributed by atoms with Crippen LogP contribution in [0.3, 0.4) is 0 Å². The largest absolute Gasteiger partial charge is 0.353 e. The number of pyridine rings is 1. The first-order valence-electron chi connectivity index (χ1n) is 5.72. The van der Waals surface area contributed by atoms with Crippen LogP contribution in [0.15, 0.2) is 12.3 Å². The van der Waals surface area contributed by atoms with Crippen LogP contribution in [0.2, 0.25) is 0 Å². The van der Waals surface area contributed by atoms with Crippen LogP contribution in [0.1, 0.15) is 25.8 Å². The number of nitrogens with zero attached hydrogens (tertiary/aromatic N) is 4. The lowest BCUT2D eigenvalue weighted by atomic mass is 10.2. The van der Waals surface area contributed by atoms with Gasteiger partial charge in [-0.25, -0.2) is 4.98 Å². The smallest absolute Gasteiger partial charge is 0.287 e. The Morgan fingerprint density at radius 2 is 2.28 bits per heavy atom. The Bertz CT molecular complexity index is 479. The highest BCUT2D eigenvalue weighted by Gasteiger charge is 2.16. The Morgan fingerprint density at radius 3 is 2.72 bits per heavy atom. The quantitative estimate of drug-likeness (QED) is 0.590. The molecule has 0 radical (unpaired) electrons. The van der Waals surface area contributed by atoms with Gasteiger partial charge in [-0.05, 0) is 26.3 Å². The first-order valence-corrected chi connectivity index (χ1v) is 5.72. The van der Waals surface area contributed by atoms with Gasteiger partial charge in [0.25, 0.3) is 5.69 Å². The van der Waals surface area contributed by atoms with Crippen molar-refractivity contribution in [3.8, 4) is 6.07 Å². The summed E-state index contributed by atoms with van der Waals surface area (Å²) in [6.07, 6.45) is 1.65. The summed E-state index contributed by atoms with van der Waals surface area (Å²) in [6.45, 7) is 6.36. The maximum atomic E-state index is 10.6. The molecule has 0 amide bonds. The van der Waals surface area contributed by atoms with Crippen LogP contribution in [0.5, 0.6) is 0 Å². The molecule has 6 heteroatoms. The van der Waals surface area contributed by atoms with Gasteiger partial charge in [0, 0.05) is 18.7 Å². The molecule has 0 spiro atoms. The minimum absolute atomic E-state index is 0.0137. The molecule has 0 saturated heterocycles. The minimum atomic E-state index is -0.460. The Hall–Kier alpha value is -2.16. The Morgan fingerprint density at radius 1 is 1.61 bits per heavy atom. The van der Waals surface area contributed by atoms with E-state index in [9.17, 15) is 10.1 Å². The van der Waals surface area contributed by atoms with Crippen LogP contribution in [0.4, 0.5) is 11.5 Å². The van der Waals surface area contributed by atoms with E-state index in [-0.39, 0.29) is 11.7 Å². The highest BCUT2D eigenvalue weighted by molar-refractivity contribution is 5.51. The summed E-state index contributed by atoms with van der Waals surface area (Å²) < 4.78 is 0. The Labute approximate surface area is 106 Å². The van der Waals surface area contributed by atoms with E-state index in [4.69, 9.17) is 5.26 Å². The fourth-order valence-corrected chi connectivity index (χ4v) is 1.73. The minimum Gasteiger partial charge on any atom is -0.353 e. The van der Waals surface area contributed by atoms with Crippen molar-refractivity contribution in [1.29, 1.82) is 5.26 Å². The molecule has 0 aliphatic rings. The van der Waals surface area contributed by atoms with Gasteiger partial charge >= 0.3 is 0 Å². The molecule has 0 aliphatic heterocycles. The molecule has 18 heavy (non-hydrogen) atoms. The molecule has 0 saturated carbocycles. The number of anilines is 1. The molecule has 0 bridgehead atoms. The third-order valence-electron chi connectivity index (χ3n) is 2.61. The molecule has 96 valence electrons. The lowest BCUT2D eigenvalue weighted by Crippen LogP contribution is -2.33. The number of aromatic nitrogens is 1. The lowest BCUT2D eigenvalue weighted by molar-refractivity contribution is -0.385. The van der Waals surface area contributed by atoms with E-state index in [1.54, 1.807) is 6.92 Å². The number of hydrogen-bond donors (Lipinski definition) is 0. The third-order valence-corrected chi connectivity index (χ3v) is 2.61. The van der Waals surface area contributed by atoms with Crippen molar-refractivity contribution in [2.45, 2.75) is 33.2 Å². The van der Waals surface area contributed by atoms with Gasteiger partial charge in [-0.2, -0.15) is 5.26 Å². The van der Waals surface area contributed by atoms with Gasteiger partial charge in [0.1, 0.15) is 12.0 Å². The molecular weight excluding hydrogens is 232 g/mol. The maximum absolute atomic E-state index is 10.6. The van der Waals surface area contributed by atoms with E-state index in [2.05, 4.69) is 11.1 Å². The van der Waals surface area contributed by atoms with Crippen molar-refractivity contribution in [2.24, 2.45) is 0 Å². The molecular formula is C12H16N4O2. The zero-order valence-electron chi connectivity index (χ0n) is 10.8. The number of rotatable bonds is 5. The number of aryl methyl sites for hydroxylation is 1. The molecule has 0 fully saturated rings. The van der Waals surface area contributed by atoms with Crippen LogP contribution < -0.4 is 4.90 Å². The molecule has 0 atom stereocenters. The average molecular weight is 248 g/mol. The monoisotopic (exact) mass is 248 g/mol. The first kappa shape index (κ1) is 13.9. The first-order chi connectivity index (χ1) is 8.47. The van der Waals surface area contributed by atoms with E-state index < -0.39 is 4.92 Å². The highest BCUT2D eigenvalue weighted by Crippen LogP contribution is 2.23. The van der Waals surface area contributed by atoms with Crippen LogP contribution in [-0.2, 0) is 0 Å². The number of nitriles is 1. The second-order valence-electron chi connectivity index (χ2n) is 4.29. The van der Waals surface area contributed by atoms with Crippen molar-refractivity contribution in [3.05, 3.63) is 27.9 Å². The Kier molecular flexibility index (Phi) is 4.60. The fourth-order valence-electron chi connectivity index (χ4n) is 1.73. The molecule has 1 heterocycles. The predicted octanol–water partition coefficient (Wildman–Crippen LogP) is 2.43. The molecule has 1 rings (SSSR count). The van der Waals surface area contributed by atoms with Crippen molar-refractivity contribution >= 4 is 11.5 Å². The zero-order valence-corrected chi connectivity index (χ0v) is 10.8. The van der Waals surface area contributed by atoms with Crippen molar-refractivity contribution in [3.63, 3.8) is 0 Å². The van der Waals surface area contributed by atoms with Gasteiger partial charge in [-0.1, -0.05) is 0 Å². The van der Waals surface area contributed by atoms with Crippen LogP contribution >= 0.6 is 0 Å². The summed E-state index contributed by atoms with van der Waals surface area (Å²) >= 11 is 0. The second kappa shape index (κ2) is 5.96. The molecule has 0 N–H and O–H groups in total. The Balaban J connectivity index is 3.06. The fraction of sp³-hybridized carbons (Fsp3) is 0.500. The zero-order chi connectivity index (χ0) is 13.7. The molecule has 6 nitrogen and oxygen atoms in total. The highest BCUT2D eigenvalue weighted by atomic mass is 16.6. The van der Waals surface area contributed by atoms with E-state index in [0.717, 1.165) is 5.56 Å². The molecule has 0 aromatic carbocycles. The summed E-state index contributed by atoms with van der Waals surface area (Å²) in [5.41, 5.74) is 0.732. The standard InChI is InChI=1S/C12H16N4O2/c1-9(2)15(6-4-5-13)12-10(3)7-11(8-14-12)16(17)18/h7-9H,4,6H2,1-3H3. The number of nitro groups is 1. The molecule has 1 aromatic heterocycles. The van der Waals surface area contributed by atoms with Gasteiger partial charge in [0.05, 0.1) is 17.4 Å². The normalized spacial score (nSPS) is 10.2.